The molecule has 0 bridgehead atoms. The Balaban J connectivity index is 1.79. The molecule has 6 heteroatoms. The lowest BCUT2D eigenvalue weighted by molar-refractivity contribution is 0.576. The molecule has 0 fully saturated rings. The third-order valence-electron chi connectivity index (χ3n) is 3.20. The Morgan fingerprint density at radius 3 is 2.36 bits per heavy atom. The van der Waals surface area contributed by atoms with E-state index in [0.717, 1.165) is 15.6 Å². The average Bonchev–Trinajstić information content (AvgIpc) is 2.49. The molecule has 118 valence electrons. The van der Waals surface area contributed by atoms with Crippen molar-refractivity contribution in [2.24, 2.45) is 0 Å². The van der Waals surface area contributed by atoms with Gasteiger partial charge in [-0.25, -0.2) is 13.1 Å². The summed E-state index contributed by atoms with van der Waals surface area (Å²) in [6.45, 7) is 3.52. The quantitative estimate of drug-likeness (QED) is 0.723. The van der Waals surface area contributed by atoms with Gasteiger partial charge in [-0.2, -0.15) is 0 Å². The van der Waals surface area contributed by atoms with Gasteiger partial charge in [0.25, 0.3) is 0 Å². The van der Waals surface area contributed by atoms with Crippen LogP contribution in [-0.4, -0.2) is 21.5 Å². The summed E-state index contributed by atoms with van der Waals surface area (Å²) in [5.74, 6) is 0. The molecular weight excluding hydrogens is 364 g/mol. The lowest BCUT2D eigenvalue weighted by atomic mass is 10.2. The van der Waals surface area contributed by atoms with Gasteiger partial charge in [0.1, 0.15) is 0 Å². The first kappa shape index (κ1) is 17.1. The number of aryl methyl sites for hydroxylation is 1. The normalized spacial score (nSPS) is 11.5. The second kappa shape index (κ2) is 7.87. The van der Waals surface area contributed by atoms with Crippen molar-refractivity contribution in [3.63, 3.8) is 0 Å². The van der Waals surface area contributed by atoms with Gasteiger partial charge in [0.15, 0.2) is 0 Å². The molecule has 0 aliphatic rings. The maximum atomic E-state index is 12.1. The lowest BCUT2D eigenvalue weighted by Gasteiger charge is -2.09. The summed E-state index contributed by atoms with van der Waals surface area (Å²) in [4.78, 5) is 0.295. The fourth-order valence-corrected chi connectivity index (χ4v) is 3.40. The average molecular weight is 383 g/mol. The monoisotopic (exact) mass is 382 g/mol. The molecule has 0 aliphatic heterocycles. The third kappa shape index (κ3) is 4.91. The maximum Gasteiger partial charge on any atom is 0.240 e. The van der Waals surface area contributed by atoms with E-state index in [-0.39, 0.29) is 0 Å². The minimum Gasteiger partial charge on any atom is -0.311 e. The summed E-state index contributed by atoms with van der Waals surface area (Å²) in [6, 6.07) is 14.8. The molecule has 0 heterocycles. The minimum atomic E-state index is -3.43. The van der Waals surface area contributed by atoms with Crippen LogP contribution < -0.4 is 10.0 Å². The van der Waals surface area contributed by atoms with E-state index in [1.54, 1.807) is 24.3 Å². The number of hydrogen-bond donors (Lipinski definition) is 2. The van der Waals surface area contributed by atoms with Crippen LogP contribution in [0.25, 0.3) is 0 Å². The van der Waals surface area contributed by atoms with Gasteiger partial charge in [0, 0.05) is 24.1 Å². The number of halogens is 1. The molecule has 0 spiro atoms. The number of sulfonamides is 1. The molecule has 2 N–H and O–H groups in total. The van der Waals surface area contributed by atoms with Crippen molar-refractivity contribution in [3.05, 3.63) is 64.1 Å². The van der Waals surface area contributed by atoms with Gasteiger partial charge < -0.3 is 5.32 Å². The van der Waals surface area contributed by atoms with Gasteiger partial charge in [-0.15, -0.1) is 0 Å². The number of nitrogens with one attached hydrogen (secondary N) is 2. The second-order valence-corrected chi connectivity index (χ2v) is 7.60. The second-order valence-electron chi connectivity index (χ2n) is 4.98. The summed E-state index contributed by atoms with van der Waals surface area (Å²) in [5, 5.41) is 3.22. The highest BCUT2D eigenvalue weighted by Gasteiger charge is 2.12. The highest BCUT2D eigenvalue weighted by Crippen LogP contribution is 2.15. The standard InChI is InChI=1S/C16H19BrN2O2S/c1-13-6-8-15(9-7-13)22(20,21)19-11-10-18-12-14-4-2-3-5-16(14)17/h2-9,18-19H,10-12H2,1H3. The highest BCUT2D eigenvalue weighted by atomic mass is 79.9. The first-order valence-corrected chi connectivity index (χ1v) is 9.27. The number of hydrogen-bond acceptors (Lipinski definition) is 3. The molecule has 0 aliphatic carbocycles. The van der Waals surface area contributed by atoms with E-state index in [2.05, 4.69) is 26.0 Å². The molecule has 2 aromatic carbocycles. The van der Waals surface area contributed by atoms with Crippen molar-refractivity contribution in [1.29, 1.82) is 0 Å². The van der Waals surface area contributed by atoms with E-state index >= 15 is 0 Å². The van der Waals surface area contributed by atoms with Crippen molar-refractivity contribution in [3.8, 4) is 0 Å². The Morgan fingerprint density at radius 2 is 1.68 bits per heavy atom. The van der Waals surface area contributed by atoms with Crippen LogP contribution in [0.4, 0.5) is 0 Å². The van der Waals surface area contributed by atoms with E-state index in [1.165, 1.54) is 0 Å². The van der Waals surface area contributed by atoms with E-state index < -0.39 is 10.0 Å². The molecule has 0 unspecified atom stereocenters. The minimum absolute atomic E-state index is 0.295. The third-order valence-corrected chi connectivity index (χ3v) is 5.45. The molecule has 0 saturated heterocycles. The molecule has 0 amide bonds. The molecule has 0 atom stereocenters. The molecule has 2 rings (SSSR count). The van der Waals surface area contributed by atoms with Crippen molar-refractivity contribution in [2.45, 2.75) is 18.4 Å². The summed E-state index contributed by atoms with van der Waals surface area (Å²) in [6.07, 6.45) is 0. The zero-order valence-electron chi connectivity index (χ0n) is 12.3. The molecular formula is C16H19BrN2O2S. The smallest absolute Gasteiger partial charge is 0.240 e. The zero-order chi connectivity index (χ0) is 16.0. The van der Waals surface area contributed by atoms with Crippen LogP contribution in [0, 0.1) is 6.92 Å². The lowest BCUT2D eigenvalue weighted by Crippen LogP contribution is -2.31. The Labute approximate surface area is 140 Å². The topological polar surface area (TPSA) is 58.2 Å². The van der Waals surface area contributed by atoms with Gasteiger partial charge in [0.05, 0.1) is 4.90 Å². The van der Waals surface area contributed by atoms with Crippen LogP contribution in [0.15, 0.2) is 57.9 Å². The van der Waals surface area contributed by atoms with Gasteiger partial charge in [-0.3, -0.25) is 0 Å². The van der Waals surface area contributed by atoms with Crippen molar-refractivity contribution < 1.29 is 8.42 Å². The van der Waals surface area contributed by atoms with E-state index in [1.807, 2.05) is 31.2 Å². The number of benzene rings is 2. The zero-order valence-corrected chi connectivity index (χ0v) is 14.7. The Hall–Kier alpha value is -1.21. The highest BCUT2D eigenvalue weighted by molar-refractivity contribution is 9.10. The first-order chi connectivity index (χ1) is 10.5. The van der Waals surface area contributed by atoms with E-state index in [0.29, 0.717) is 24.5 Å². The first-order valence-electron chi connectivity index (χ1n) is 6.99. The largest absolute Gasteiger partial charge is 0.311 e. The SMILES string of the molecule is Cc1ccc(S(=O)(=O)NCCNCc2ccccc2Br)cc1. The molecule has 4 nitrogen and oxygen atoms in total. The van der Waals surface area contributed by atoms with Gasteiger partial charge in [-0.05, 0) is 30.7 Å². The number of rotatable bonds is 7. The summed E-state index contributed by atoms with van der Waals surface area (Å²) >= 11 is 3.48. The fraction of sp³-hybridized carbons (Fsp3) is 0.250. The molecule has 2 aromatic rings. The van der Waals surface area contributed by atoms with Crippen LogP contribution in [0.5, 0.6) is 0 Å². The predicted octanol–water partition coefficient (Wildman–Crippen LogP) is 2.83. The van der Waals surface area contributed by atoms with Crippen molar-refractivity contribution in [1.82, 2.24) is 10.0 Å². The van der Waals surface area contributed by atoms with Crippen LogP contribution in [0.1, 0.15) is 11.1 Å². The molecule has 0 saturated carbocycles. The van der Waals surface area contributed by atoms with Gasteiger partial charge in [-0.1, -0.05) is 51.8 Å². The Bertz CT molecular complexity index is 715. The summed E-state index contributed by atoms with van der Waals surface area (Å²) in [7, 11) is -3.43. The molecule has 22 heavy (non-hydrogen) atoms. The summed E-state index contributed by atoms with van der Waals surface area (Å²) in [5.41, 5.74) is 2.18. The van der Waals surface area contributed by atoms with Crippen LogP contribution in [0.3, 0.4) is 0 Å². The summed E-state index contributed by atoms with van der Waals surface area (Å²) < 4.78 is 27.8. The maximum absolute atomic E-state index is 12.1. The molecule has 0 aromatic heterocycles. The van der Waals surface area contributed by atoms with Crippen LogP contribution in [-0.2, 0) is 16.6 Å². The van der Waals surface area contributed by atoms with Crippen molar-refractivity contribution >= 4 is 26.0 Å². The Morgan fingerprint density at radius 1 is 1.00 bits per heavy atom. The Kier molecular flexibility index (Phi) is 6.14. The molecule has 0 radical (unpaired) electrons. The van der Waals surface area contributed by atoms with Crippen molar-refractivity contribution in [2.75, 3.05) is 13.1 Å². The fourth-order valence-electron chi connectivity index (χ4n) is 1.94. The predicted molar refractivity (Wildman–Crippen MR) is 92.2 cm³/mol. The van der Waals surface area contributed by atoms with E-state index in [9.17, 15) is 8.42 Å². The van der Waals surface area contributed by atoms with E-state index in [4.69, 9.17) is 0 Å². The van der Waals surface area contributed by atoms with Gasteiger partial charge >= 0.3 is 0 Å². The van der Waals surface area contributed by atoms with Gasteiger partial charge in [0.2, 0.25) is 10.0 Å². The van der Waals surface area contributed by atoms with Crippen LogP contribution in [0.2, 0.25) is 0 Å². The van der Waals surface area contributed by atoms with Crippen LogP contribution >= 0.6 is 15.9 Å².